The van der Waals surface area contributed by atoms with Gasteiger partial charge in [0.05, 0.1) is 48.2 Å². The van der Waals surface area contributed by atoms with Gasteiger partial charge < -0.3 is 39.7 Å². The smallest absolute Gasteiger partial charge is 0.407 e. The molecule has 10 atom stereocenters. The first-order valence-electron chi connectivity index (χ1n) is 24.6. The summed E-state index contributed by atoms with van der Waals surface area (Å²) in [6.07, 6.45) is 7.78. The Morgan fingerprint density at radius 3 is 2.16 bits per heavy atom. The predicted octanol–water partition coefficient (Wildman–Crippen LogP) is 9.31. The third kappa shape index (κ3) is 8.76. The highest BCUT2D eigenvalue weighted by molar-refractivity contribution is 5.88. The molecule has 14 heteroatoms. The van der Waals surface area contributed by atoms with E-state index in [4.69, 9.17) is 19.4 Å². The summed E-state index contributed by atoms with van der Waals surface area (Å²) in [5.41, 5.74) is 11.6. The van der Waals surface area contributed by atoms with Gasteiger partial charge in [-0.05, 0) is 126 Å². The average Bonchev–Trinajstić information content (AvgIpc) is 4.22. The molecule has 3 amide bonds. The van der Waals surface area contributed by atoms with Crippen LogP contribution >= 0.6 is 0 Å². The number of ether oxygens (including phenoxy) is 2. The van der Waals surface area contributed by atoms with Gasteiger partial charge in [0.25, 0.3) is 0 Å². The lowest BCUT2D eigenvalue weighted by Gasteiger charge is -2.34. The number of nitrogens with zero attached hydrogens (tertiary/aromatic N) is 4. The molecule has 2 saturated heterocycles. The maximum absolute atomic E-state index is 14.1. The summed E-state index contributed by atoms with van der Waals surface area (Å²) in [7, 11) is 2.73. The van der Waals surface area contributed by atoms with Crippen LogP contribution in [-0.2, 0) is 19.1 Å². The van der Waals surface area contributed by atoms with Crippen molar-refractivity contribution in [2.24, 2.45) is 17.8 Å². The molecule has 14 nitrogen and oxygen atoms in total. The number of carbonyl (C=O) groups excluding carboxylic acids is 3. The molecule has 9 rings (SSSR count). The van der Waals surface area contributed by atoms with Gasteiger partial charge in [-0.1, -0.05) is 89.9 Å². The number of H-pyrrole nitrogens is 2. The fourth-order valence-corrected chi connectivity index (χ4v) is 11.7. The number of hydrogen-bond donors (Lipinski definition) is 5. The summed E-state index contributed by atoms with van der Waals surface area (Å²) < 4.78 is 9.93. The quantitative estimate of drug-likeness (QED) is 0.0641. The minimum Gasteiger partial charge on any atom is -0.453 e. The van der Waals surface area contributed by atoms with Gasteiger partial charge in [0.2, 0.25) is 18.2 Å². The third-order valence-electron chi connectivity index (χ3n) is 15.7. The number of likely N-dealkylation sites (tertiary alicyclic amines) is 2. The average molecular weight is 913 g/mol. The number of aromatic nitrogens is 4. The lowest BCUT2D eigenvalue weighted by Crippen LogP contribution is -2.54. The summed E-state index contributed by atoms with van der Waals surface area (Å²) in [5, 5.41) is 16.0. The number of carbonyl (C=O) groups is 3. The van der Waals surface area contributed by atoms with Crippen molar-refractivity contribution in [3.8, 4) is 33.5 Å². The molecule has 5 N–H and O–H groups in total. The molecule has 2 aliphatic heterocycles. The molecule has 67 heavy (non-hydrogen) atoms. The number of amides is 3. The van der Waals surface area contributed by atoms with Crippen LogP contribution in [-0.4, -0.2) is 98.1 Å². The van der Waals surface area contributed by atoms with Crippen molar-refractivity contribution in [3.63, 3.8) is 0 Å². The molecule has 0 radical (unpaired) electrons. The summed E-state index contributed by atoms with van der Waals surface area (Å²) in [6.45, 7) is 12.8. The second-order valence-corrected chi connectivity index (χ2v) is 20.0. The van der Waals surface area contributed by atoms with Crippen molar-refractivity contribution in [1.29, 1.82) is 0 Å². The maximum Gasteiger partial charge on any atom is 0.407 e. The Morgan fingerprint density at radius 1 is 0.821 bits per heavy atom. The Kier molecular flexibility index (Phi) is 13.3. The molecule has 2 bridgehead atoms. The standard InChI is InChI=1S/C53H68N8O6/c1-9-29(5)47(59-53(65)67-8)50(62)60-27-31(10-2)23-43(60)48-54-26-41(57-48)33-14-12-32(13-15-33)37-19-20-38(45-36-17-16-35(24-36)44(37)45)34-18-21-39-40(25-34)56-49(55-39)42-22-11-30(6)61(42)51(63)46(28(3)4)58-52(64)66-7/h12-15,18-21,25-26,28-31,35-36,42-43,46-47,52,58,64H,9-11,16-17,22-24,27H2,1-8H3,(H,54,57)(H,55,56)(H,59,65)/t29-,30-,31-,35?,36?,42-,43-,46-,47-,52?/m0/s1. The SMILES string of the molecule is CC[C@H]1C[C@@H](c2ncc(-c3ccc(-c4ccc(-c5ccc6nc([C@@H]7CC[C@H](C)N7C(=O)[C@@H](NC(O)OC)C(C)C)[nH]c6c5)c5c4C4CCC5C4)cc3)[nH]2)N(C(=O)[C@@H](NC(=O)OC)[C@@H](C)CC)C1. The first-order chi connectivity index (χ1) is 32.3. The molecule has 2 aliphatic carbocycles. The van der Waals surface area contributed by atoms with Gasteiger partial charge in [0, 0.05) is 19.7 Å². The van der Waals surface area contributed by atoms with Crippen molar-refractivity contribution < 1.29 is 29.0 Å². The van der Waals surface area contributed by atoms with E-state index in [2.05, 4.69) is 89.0 Å². The zero-order chi connectivity index (χ0) is 47.3. The Balaban J connectivity index is 0.960. The first kappa shape index (κ1) is 46.5. The highest BCUT2D eigenvalue weighted by Crippen LogP contribution is 2.58. The van der Waals surface area contributed by atoms with E-state index >= 15 is 0 Å². The van der Waals surface area contributed by atoms with Crippen LogP contribution in [0.15, 0.2) is 60.8 Å². The Labute approximate surface area is 394 Å². The van der Waals surface area contributed by atoms with Crippen LogP contribution in [0.25, 0.3) is 44.5 Å². The van der Waals surface area contributed by atoms with E-state index in [0.717, 1.165) is 71.6 Å². The highest BCUT2D eigenvalue weighted by Gasteiger charge is 2.44. The number of hydrogen-bond acceptors (Lipinski definition) is 9. The number of benzene rings is 3. The monoisotopic (exact) mass is 913 g/mol. The lowest BCUT2D eigenvalue weighted by molar-refractivity contribution is -0.146. The minimum atomic E-state index is -1.23. The van der Waals surface area contributed by atoms with E-state index in [-0.39, 0.29) is 41.8 Å². The second kappa shape index (κ2) is 19.2. The number of imidazole rings is 2. The summed E-state index contributed by atoms with van der Waals surface area (Å²) in [6, 6.07) is 18.2. The Morgan fingerprint density at radius 2 is 1.51 bits per heavy atom. The van der Waals surface area contributed by atoms with E-state index in [1.165, 1.54) is 61.3 Å². The van der Waals surface area contributed by atoms with Crippen LogP contribution in [0, 0.1) is 17.8 Å². The van der Waals surface area contributed by atoms with Gasteiger partial charge in [-0.25, -0.2) is 14.8 Å². The van der Waals surface area contributed by atoms with Crippen LogP contribution in [0.5, 0.6) is 0 Å². The van der Waals surface area contributed by atoms with E-state index in [1.54, 1.807) is 0 Å². The normalized spacial score (nSPS) is 24.0. The van der Waals surface area contributed by atoms with Crippen LogP contribution in [0.4, 0.5) is 4.79 Å². The van der Waals surface area contributed by atoms with Crippen LogP contribution in [0.2, 0.25) is 0 Å². The van der Waals surface area contributed by atoms with Crippen molar-refractivity contribution >= 4 is 28.9 Å². The number of methoxy groups -OCH3 is 2. The van der Waals surface area contributed by atoms with Gasteiger partial charge >= 0.3 is 6.09 Å². The van der Waals surface area contributed by atoms with E-state index in [9.17, 15) is 19.5 Å². The minimum absolute atomic E-state index is 0.0307. The summed E-state index contributed by atoms with van der Waals surface area (Å²) in [4.78, 5) is 61.4. The molecule has 3 unspecified atom stereocenters. The number of nitrogens with one attached hydrogen (secondary N) is 4. The van der Waals surface area contributed by atoms with Gasteiger partial charge in [0.15, 0.2) is 0 Å². The van der Waals surface area contributed by atoms with Gasteiger partial charge in [0.1, 0.15) is 17.7 Å². The zero-order valence-electron chi connectivity index (χ0n) is 40.3. The Hall–Kier alpha value is -5.57. The van der Waals surface area contributed by atoms with Crippen molar-refractivity contribution in [1.82, 2.24) is 40.4 Å². The number of alkyl carbamates (subject to hydrolysis) is 1. The Bertz CT molecular complexity index is 2600. The lowest BCUT2D eigenvalue weighted by atomic mass is 9.81. The molecule has 3 fully saturated rings. The molecule has 0 spiro atoms. The van der Waals surface area contributed by atoms with Gasteiger partial charge in [-0.3, -0.25) is 14.9 Å². The molecular formula is C53H68N8O6. The number of aliphatic hydroxyl groups is 1. The number of fused-ring (bicyclic) bond motifs is 6. The van der Waals surface area contributed by atoms with Crippen LogP contribution in [0.1, 0.15) is 140 Å². The zero-order valence-corrected chi connectivity index (χ0v) is 40.3. The van der Waals surface area contributed by atoms with Crippen molar-refractivity contribution in [3.05, 3.63) is 83.6 Å². The molecule has 2 aromatic heterocycles. The summed E-state index contributed by atoms with van der Waals surface area (Å²) >= 11 is 0. The van der Waals surface area contributed by atoms with E-state index < -0.39 is 24.6 Å². The van der Waals surface area contributed by atoms with E-state index in [1.807, 2.05) is 43.7 Å². The number of rotatable bonds is 15. The van der Waals surface area contributed by atoms with Crippen molar-refractivity contribution in [2.75, 3.05) is 20.8 Å². The second-order valence-electron chi connectivity index (χ2n) is 20.0. The maximum atomic E-state index is 14.1. The molecule has 356 valence electrons. The van der Waals surface area contributed by atoms with E-state index in [0.29, 0.717) is 24.3 Å². The largest absolute Gasteiger partial charge is 0.453 e. The number of aromatic amines is 2. The fraction of sp³-hybridized carbons (Fsp3) is 0.528. The number of aliphatic hydroxyl groups excluding tert-OH is 1. The molecule has 5 aromatic rings. The fourth-order valence-electron chi connectivity index (χ4n) is 11.7. The molecular weight excluding hydrogens is 845 g/mol. The topological polar surface area (TPSA) is 178 Å². The highest BCUT2D eigenvalue weighted by atomic mass is 16.6. The molecule has 1 saturated carbocycles. The molecule has 4 heterocycles. The van der Waals surface area contributed by atoms with Gasteiger partial charge in [-0.2, -0.15) is 0 Å². The van der Waals surface area contributed by atoms with Crippen LogP contribution < -0.4 is 10.6 Å². The van der Waals surface area contributed by atoms with Crippen LogP contribution in [0.3, 0.4) is 0 Å². The first-order valence-corrected chi connectivity index (χ1v) is 24.6. The summed E-state index contributed by atoms with van der Waals surface area (Å²) in [5.74, 6) is 2.66. The predicted molar refractivity (Wildman–Crippen MR) is 259 cm³/mol. The third-order valence-corrected chi connectivity index (χ3v) is 15.7. The van der Waals surface area contributed by atoms with Crippen molar-refractivity contribution in [2.45, 2.75) is 141 Å². The molecule has 3 aromatic carbocycles. The van der Waals surface area contributed by atoms with Gasteiger partial charge in [-0.15, -0.1) is 0 Å². The molecule has 4 aliphatic rings.